The number of carbonyl (C=O) groups excluding carboxylic acids is 1. The number of aryl methyl sites for hydroxylation is 1. The maximum absolute atomic E-state index is 11.1. The van der Waals surface area contributed by atoms with Crippen LogP contribution in [0, 0.1) is 12.8 Å². The molecule has 0 aliphatic carbocycles. The molecular weight excluding hydrogens is 212 g/mol. The Labute approximate surface area is 95.2 Å². The van der Waals surface area contributed by atoms with Crippen LogP contribution in [-0.4, -0.2) is 11.3 Å². The molecule has 1 aromatic rings. The molecule has 0 fully saturated rings. The zero-order valence-corrected chi connectivity index (χ0v) is 9.91. The van der Waals surface area contributed by atoms with Gasteiger partial charge < -0.3 is 4.74 Å². The summed E-state index contributed by atoms with van der Waals surface area (Å²) in [4.78, 5) is 11.1. The molecule has 0 aliphatic rings. The molecule has 1 aromatic carbocycles. The van der Waals surface area contributed by atoms with E-state index in [2.05, 4.69) is 0 Å². The van der Waals surface area contributed by atoms with Crippen molar-refractivity contribution in [2.75, 3.05) is 0 Å². The van der Waals surface area contributed by atoms with Crippen molar-refractivity contribution in [1.82, 2.24) is 0 Å². The number of carbonyl (C=O) groups is 1. The van der Waals surface area contributed by atoms with E-state index in [-0.39, 0.29) is 5.92 Å². The van der Waals surface area contributed by atoms with E-state index in [1.165, 1.54) is 0 Å². The zero-order chi connectivity index (χ0) is 11.4. The average Bonchev–Trinajstić information content (AvgIpc) is 2.15. The molecule has 2 nitrogen and oxygen atoms in total. The van der Waals surface area contributed by atoms with Gasteiger partial charge in [0.05, 0.1) is 0 Å². The number of halogens is 1. The first-order valence-electron chi connectivity index (χ1n) is 4.93. The molecule has 0 radical (unpaired) electrons. The van der Waals surface area contributed by atoms with E-state index >= 15 is 0 Å². The van der Waals surface area contributed by atoms with Crippen LogP contribution in [0.3, 0.4) is 0 Å². The third-order valence-corrected chi connectivity index (χ3v) is 2.33. The summed E-state index contributed by atoms with van der Waals surface area (Å²) in [6.45, 7) is 5.80. The summed E-state index contributed by atoms with van der Waals surface area (Å²) in [5, 5.41) is -0.453. The fraction of sp³-hybridized carbons (Fsp3) is 0.417. The molecule has 1 rings (SSSR count). The minimum absolute atomic E-state index is 0.0660. The van der Waals surface area contributed by atoms with Gasteiger partial charge in [-0.15, -0.1) is 0 Å². The maximum atomic E-state index is 11.1. The van der Waals surface area contributed by atoms with Crippen LogP contribution < -0.4 is 4.74 Å². The number of ether oxygens (including phenoxy) is 1. The Morgan fingerprint density at radius 1 is 1.27 bits per heavy atom. The largest absolute Gasteiger partial charge is 0.481 e. The normalized spacial score (nSPS) is 12.6. The molecule has 0 saturated heterocycles. The van der Waals surface area contributed by atoms with E-state index in [0.29, 0.717) is 5.75 Å². The van der Waals surface area contributed by atoms with E-state index in [0.717, 1.165) is 5.56 Å². The van der Waals surface area contributed by atoms with Crippen LogP contribution in [0.25, 0.3) is 0 Å². The Morgan fingerprint density at radius 2 is 1.80 bits per heavy atom. The van der Waals surface area contributed by atoms with Gasteiger partial charge in [0, 0.05) is 0 Å². The predicted octanol–water partition coefficient (Wildman–Crippen LogP) is 3.16. The standard InChI is InChI=1S/C12H15ClO2/c1-8(2)11(12(13)14)15-10-6-4-9(3)5-7-10/h4-8,11H,1-3H3/t11-/m0/s1. The van der Waals surface area contributed by atoms with E-state index in [4.69, 9.17) is 16.3 Å². The molecule has 0 amide bonds. The highest BCUT2D eigenvalue weighted by atomic mass is 35.5. The van der Waals surface area contributed by atoms with Crippen molar-refractivity contribution in [3.05, 3.63) is 29.8 Å². The number of hydrogen-bond acceptors (Lipinski definition) is 2. The zero-order valence-electron chi connectivity index (χ0n) is 9.16. The summed E-state index contributed by atoms with van der Waals surface area (Å²) in [7, 11) is 0. The van der Waals surface area contributed by atoms with Gasteiger partial charge in [-0.25, -0.2) is 0 Å². The van der Waals surface area contributed by atoms with Crippen molar-refractivity contribution < 1.29 is 9.53 Å². The molecule has 1 atom stereocenters. The van der Waals surface area contributed by atoms with Gasteiger partial charge in [-0.05, 0) is 36.6 Å². The molecule has 0 unspecified atom stereocenters. The van der Waals surface area contributed by atoms with Gasteiger partial charge in [0.15, 0.2) is 6.10 Å². The summed E-state index contributed by atoms with van der Waals surface area (Å²) in [5.74, 6) is 0.740. The first kappa shape index (κ1) is 12.1. The van der Waals surface area contributed by atoms with E-state index in [1.54, 1.807) is 0 Å². The molecule has 3 heteroatoms. The van der Waals surface area contributed by atoms with Gasteiger partial charge >= 0.3 is 0 Å². The fourth-order valence-corrected chi connectivity index (χ4v) is 1.50. The smallest absolute Gasteiger partial charge is 0.262 e. The van der Waals surface area contributed by atoms with Crippen molar-refractivity contribution >= 4 is 16.8 Å². The molecule has 0 N–H and O–H groups in total. The number of hydrogen-bond donors (Lipinski definition) is 0. The summed E-state index contributed by atoms with van der Waals surface area (Å²) in [6, 6.07) is 7.55. The fourth-order valence-electron chi connectivity index (χ4n) is 1.21. The average molecular weight is 227 g/mol. The Balaban J connectivity index is 2.74. The molecule has 15 heavy (non-hydrogen) atoms. The van der Waals surface area contributed by atoms with Gasteiger partial charge in [-0.3, -0.25) is 4.79 Å². The minimum atomic E-state index is -0.575. The Bertz CT molecular complexity index is 330. The van der Waals surface area contributed by atoms with E-state index in [9.17, 15) is 4.79 Å². The first-order chi connectivity index (χ1) is 7.00. The molecule has 0 saturated carbocycles. The first-order valence-corrected chi connectivity index (χ1v) is 5.31. The van der Waals surface area contributed by atoms with Crippen LogP contribution in [0.5, 0.6) is 5.75 Å². The lowest BCUT2D eigenvalue weighted by Crippen LogP contribution is -2.29. The van der Waals surface area contributed by atoms with Crippen molar-refractivity contribution in [3.63, 3.8) is 0 Å². The van der Waals surface area contributed by atoms with Gasteiger partial charge in [0.25, 0.3) is 5.24 Å². The second-order valence-electron chi connectivity index (χ2n) is 3.90. The lowest BCUT2D eigenvalue weighted by Gasteiger charge is -2.18. The summed E-state index contributed by atoms with van der Waals surface area (Å²) in [5.41, 5.74) is 1.15. The van der Waals surface area contributed by atoms with Crippen LogP contribution in [-0.2, 0) is 4.79 Å². The molecule has 0 aliphatic heterocycles. The summed E-state index contributed by atoms with van der Waals surface area (Å²) >= 11 is 5.46. The third kappa shape index (κ3) is 3.56. The maximum Gasteiger partial charge on any atom is 0.262 e. The Morgan fingerprint density at radius 3 is 2.20 bits per heavy atom. The molecule has 0 spiro atoms. The van der Waals surface area contributed by atoms with Crippen molar-refractivity contribution in [1.29, 1.82) is 0 Å². The lowest BCUT2D eigenvalue weighted by molar-refractivity contribution is -0.119. The highest BCUT2D eigenvalue weighted by molar-refractivity contribution is 6.64. The number of benzene rings is 1. The lowest BCUT2D eigenvalue weighted by atomic mass is 10.1. The highest BCUT2D eigenvalue weighted by Gasteiger charge is 2.22. The topological polar surface area (TPSA) is 26.3 Å². The molecule has 0 bridgehead atoms. The van der Waals surface area contributed by atoms with Gasteiger partial charge in [-0.1, -0.05) is 31.5 Å². The van der Waals surface area contributed by atoms with Crippen LogP contribution in [0.2, 0.25) is 0 Å². The van der Waals surface area contributed by atoms with Crippen LogP contribution in [0.15, 0.2) is 24.3 Å². The minimum Gasteiger partial charge on any atom is -0.481 e. The van der Waals surface area contributed by atoms with Gasteiger partial charge in [0.2, 0.25) is 0 Å². The van der Waals surface area contributed by atoms with Gasteiger partial charge in [0.1, 0.15) is 5.75 Å². The Kier molecular flexibility index (Phi) is 4.15. The SMILES string of the molecule is Cc1ccc(O[C@H](C(=O)Cl)C(C)C)cc1. The quantitative estimate of drug-likeness (QED) is 0.738. The number of rotatable bonds is 4. The highest BCUT2D eigenvalue weighted by Crippen LogP contribution is 2.18. The van der Waals surface area contributed by atoms with Gasteiger partial charge in [-0.2, -0.15) is 0 Å². The third-order valence-electron chi connectivity index (χ3n) is 2.11. The van der Waals surface area contributed by atoms with Crippen molar-refractivity contribution in [2.24, 2.45) is 5.92 Å². The summed E-state index contributed by atoms with van der Waals surface area (Å²) < 4.78 is 5.51. The molecule has 82 valence electrons. The molecule has 0 heterocycles. The predicted molar refractivity (Wildman–Crippen MR) is 61.3 cm³/mol. The van der Waals surface area contributed by atoms with E-state index < -0.39 is 11.3 Å². The van der Waals surface area contributed by atoms with Crippen LogP contribution in [0.4, 0.5) is 0 Å². The monoisotopic (exact) mass is 226 g/mol. The van der Waals surface area contributed by atoms with Crippen LogP contribution >= 0.6 is 11.6 Å². The van der Waals surface area contributed by atoms with E-state index in [1.807, 2.05) is 45.0 Å². The molecule has 0 aromatic heterocycles. The van der Waals surface area contributed by atoms with Crippen LogP contribution in [0.1, 0.15) is 19.4 Å². The second kappa shape index (κ2) is 5.17. The second-order valence-corrected chi connectivity index (χ2v) is 4.27. The van der Waals surface area contributed by atoms with Crippen molar-refractivity contribution in [2.45, 2.75) is 26.9 Å². The Hall–Kier alpha value is -1.02. The van der Waals surface area contributed by atoms with Crippen molar-refractivity contribution in [3.8, 4) is 5.75 Å². The summed E-state index contributed by atoms with van der Waals surface area (Å²) in [6.07, 6.45) is -0.575. The molecular formula is C12H15ClO2.